The van der Waals surface area contributed by atoms with Crippen LogP contribution in [0.1, 0.15) is 21.7 Å². The van der Waals surface area contributed by atoms with E-state index in [9.17, 15) is 24.3 Å². The van der Waals surface area contributed by atoms with Gasteiger partial charge in [-0.15, -0.1) is 0 Å². The number of hydrogen-bond donors (Lipinski definition) is 2. The number of aromatic carboxylic acids is 1. The van der Waals surface area contributed by atoms with Gasteiger partial charge >= 0.3 is 5.97 Å². The Morgan fingerprint density at radius 3 is 2.65 bits per heavy atom. The molecule has 3 amide bonds. The Kier molecular flexibility index (Phi) is 6.58. The summed E-state index contributed by atoms with van der Waals surface area (Å²) in [6.45, 7) is 1.42. The standard InChI is InChI=1S/C24H17ClN2O6S/c1-13-4-2-3-5-18(13)26-21(28)12-27-22(29)20(34-24(27)32)11-15-7-9-19(33-15)14-6-8-17(25)16(10-14)23(30)31/h2-11H,12H2,1H3,(H,26,28)(H,30,31). The maximum atomic E-state index is 12.7. The Labute approximate surface area is 203 Å². The number of carbonyl (C=O) groups excluding carboxylic acids is 3. The zero-order valence-corrected chi connectivity index (χ0v) is 19.3. The molecule has 0 spiro atoms. The molecule has 1 aromatic heterocycles. The number of rotatable bonds is 6. The molecule has 1 aliphatic rings. The van der Waals surface area contributed by atoms with Gasteiger partial charge in [0.05, 0.1) is 15.5 Å². The number of benzene rings is 2. The molecule has 10 heteroatoms. The first-order valence-corrected chi connectivity index (χ1v) is 11.2. The molecule has 0 saturated carbocycles. The van der Waals surface area contributed by atoms with E-state index in [1.165, 1.54) is 18.2 Å². The third-order valence-electron chi connectivity index (χ3n) is 4.98. The largest absolute Gasteiger partial charge is 0.478 e. The van der Waals surface area contributed by atoms with E-state index >= 15 is 0 Å². The summed E-state index contributed by atoms with van der Waals surface area (Å²) in [4.78, 5) is 49.7. The molecule has 8 nitrogen and oxygen atoms in total. The normalized spacial score (nSPS) is 14.6. The zero-order chi connectivity index (χ0) is 24.4. The summed E-state index contributed by atoms with van der Waals surface area (Å²) < 4.78 is 5.71. The van der Waals surface area contributed by atoms with Gasteiger partial charge < -0.3 is 14.8 Å². The number of carboxylic acids is 1. The van der Waals surface area contributed by atoms with Crippen molar-refractivity contribution in [3.05, 3.63) is 81.4 Å². The molecule has 4 rings (SSSR count). The second-order valence-electron chi connectivity index (χ2n) is 7.33. The average molecular weight is 497 g/mol. The molecule has 2 N–H and O–H groups in total. The number of thioether (sulfide) groups is 1. The van der Waals surface area contributed by atoms with Crippen LogP contribution in [0.25, 0.3) is 17.4 Å². The maximum absolute atomic E-state index is 12.7. The van der Waals surface area contributed by atoms with Crippen LogP contribution in [0, 0.1) is 6.92 Å². The predicted molar refractivity (Wildman–Crippen MR) is 129 cm³/mol. The number of imide groups is 1. The van der Waals surface area contributed by atoms with Crippen molar-refractivity contribution in [2.24, 2.45) is 0 Å². The molecule has 0 unspecified atom stereocenters. The molecule has 0 atom stereocenters. The van der Waals surface area contributed by atoms with Crippen molar-refractivity contribution in [3.63, 3.8) is 0 Å². The Balaban J connectivity index is 1.48. The van der Waals surface area contributed by atoms with Crippen molar-refractivity contribution < 1.29 is 28.7 Å². The first-order valence-electron chi connectivity index (χ1n) is 9.97. The van der Waals surface area contributed by atoms with E-state index in [-0.39, 0.29) is 21.3 Å². The number of aryl methyl sites for hydroxylation is 1. The van der Waals surface area contributed by atoms with Crippen LogP contribution in [-0.4, -0.2) is 39.6 Å². The van der Waals surface area contributed by atoms with E-state index in [0.29, 0.717) is 28.8 Å². The first-order chi connectivity index (χ1) is 16.2. The quantitative estimate of drug-likeness (QED) is 0.446. The summed E-state index contributed by atoms with van der Waals surface area (Å²) in [7, 11) is 0. The highest BCUT2D eigenvalue weighted by Gasteiger charge is 2.36. The number of para-hydroxylation sites is 1. The van der Waals surface area contributed by atoms with Gasteiger partial charge in [-0.3, -0.25) is 19.3 Å². The third-order valence-corrected chi connectivity index (χ3v) is 6.21. The van der Waals surface area contributed by atoms with Crippen LogP contribution >= 0.6 is 23.4 Å². The lowest BCUT2D eigenvalue weighted by molar-refractivity contribution is -0.127. The van der Waals surface area contributed by atoms with Crippen LogP contribution in [0.5, 0.6) is 0 Å². The van der Waals surface area contributed by atoms with Crippen molar-refractivity contribution >= 4 is 58.1 Å². The van der Waals surface area contributed by atoms with E-state index in [1.54, 1.807) is 30.3 Å². The minimum atomic E-state index is -1.17. The summed E-state index contributed by atoms with van der Waals surface area (Å²) in [5.74, 6) is -1.61. The van der Waals surface area contributed by atoms with E-state index in [1.807, 2.05) is 19.1 Å². The second kappa shape index (κ2) is 9.58. The Hall–Kier alpha value is -3.82. The molecule has 0 radical (unpaired) electrons. The minimum Gasteiger partial charge on any atom is -0.478 e. The fraction of sp³-hybridized carbons (Fsp3) is 0.0833. The molecule has 0 aliphatic carbocycles. The monoisotopic (exact) mass is 496 g/mol. The van der Waals surface area contributed by atoms with Gasteiger partial charge in [0.25, 0.3) is 11.1 Å². The second-order valence-corrected chi connectivity index (χ2v) is 8.73. The molecular formula is C24H17ClN2O6S. The van der Waals surface area contributed by atoms with Crippen LogP contribution in [0.2, 0.25) is 5.02 Å². The number of amides is 3. The fourth-order valence-electron chi connectivity index (χ4n) is 3.24. The van der Waals surface area contributed by atoms with Crippen molar-refractivity contribution in [2.75, 3.05) is 11.9 Å². The Morgan fingerprint density at radius 2 is 1.91 bits per heavy atom. The van der Waals surface area contributed by atoms with Crippen molar-refractivity contribution in [1.82, 2.24) is 4.90 Å². The van der Waals surface area contributed by atoms with Gasteiger partial charge in [-0.05, 0) is 60.6 Å². The van der Waals surface area contributed by atoms with Gasteiger partial charge in [0.2, 0.25) is 5.91 Å². The van der Waals surface area contributed by atoms with Crippen molar-refractivity contribution in [3.8, 4) is 11.3 Å². The lowest BCUT2D eigenvalue weighted by atomic mass is 10.1. The van der Waals surface area contributed by atoms with E-state index in [4.69, 9.17) is 16.0 Å². The molecule has 2 heterocycles. The predicted octanol–water partition coefficient (Wildman–Crippen LogP) is 5.28. The van der Waals surface area contributed by atoms with Crippen LogP contribution < -0.4 is 5.32 Å². The van der Waals surface area contributed by atoms with Gasteiger partial charge in [0.15, 0.2) is 0 Å². The smallest absolute Gasteiger partial charge is 0.337 e. The lowest BCUT2D eigenvalue weighted by Gasteiger charge is -2.13. The Morgan fingerprint density at radius 1 is 1.15 bits per heavy atom. The molecule has 172 valence electrons. The highest BCUT2D eigenvalue weighted by Crippen LogP contribution is 2.34. The molecule has 1 saturated heterocycles. The van der Waals surface area contributed by atoms with Crippen LogP contribution in [-0.2, 0) is 9.59 Å². The van der Waals surface area contributed by atoms with E-state index in [2.05, 4.69) is 5.32 Å². The summed E-state index contributed by atoms with van der Waals surface area (Å²) >= 11 is 6.61. The van der Waals surface area contributed by atoms with Gasteiger partial charge in [0.1, 0.15) is 18.1 Å². The number of carboxylic acid groups (broad SMARTS) is 1. The number of furan rings is 1. The number of nitrogens with zero attached hydrogens (tertiary/aromatic N) is 1. The van der Waals surface area contributed by atoms with Crippen molar-refractivity contribution in [1.29, 1.82) is 0 Å². The van der Waals surface area contributed by atoms with Gasteiger partial charge in [-0.25, -0.2) is 4.79 Å². The Bertz CT molecular complexity index is 1360. The maximum Gasteiger partial charge on any atom is 0.337 e. The summed E-state index contributed by atoms with van der Waals surface area (Å²) in [5, 5.41) is 11.5. The van der Waals surface area contributed by atoms with Gasteiger partial charge in [0, 0.05) is 17.3 Å². The molecule has 3 aromatic rings. The topological polar surface area (TPSA) is 117 Å². The molecular weight excluding hydrogens is 480 g/mol. The molecule has 1 fully saturated rings. The highest BCUT2D eigenvalue weighted by atomic mass is 35.5. The zero-order valence-electron chi connectivity index (χ0n) is 17.7. The van der Waals surface area contributed by atoms with Crippen LogP contribution in [0.3, 0.4) is 0 Å². The number of carbonyl (C=O) groups is 4. The lowest BCUT2D eigenvalue weighted by Crippen LogP contribution is -2.36. The number of halogens is 1. The summed E-state index contributed by atoms with van der Waals surface area (Å²) in [6, 6.07) is 14.8. The number of anilines is 1. The SMILES string of the molecule is Cc1ccccc1NC(=O)CN1C(=O)SC(=Cc2ccc(-c3ccc(Cl)c(C(=O)O)c3)o2)C1=O. The third kappa shape index (κ3) is 4.90. The number of nitrogens with one attached hydrogen (secondary N) is 1. The van der Waals surface area contributed by atoms with E-state index in [0.717, 1.165) is 10.5 Å². The van der Waals surface area contributed by atoms with Crippen molar-refractivity contribution in [2.45, 2.75) is 6.92 Å². The fourth-order valence-corrected chi connectivity index (χ4v) is 4.26. The highest BCUT2D eigenvalue weighted by molar-refractivity contribution is 8.18. The molecule has 2 aromatic carbocycles. The van der Waals surface area contributed by atoms with Crippen LogP contribution in [0.4, 0.5) is 10.5 Å². The number of hydrogen-bond acceptors (Lipinski definition) is 6. The van der Waals surface area contributed by atoms with Gasteiger partial charge in [-0.2, -0.15) is 0 Å². The minimum absolute atomic E-state index is 0.0674. The molecule has 1 aliphatic heterocycles. The van der Waals surface area contributed by atoms with E-state index < -0.39 is 29.6 Å². The molecule has 34 heavy (non-hydrogen) atoms. The van der Waals surface area contributed by atoms with Gasteiger partial charge in [-0.1, -0.05) is 29.8 Å². The average Bonchev–Trinajstić information content (AvgIpc) is 3.36. The summed E-state index contributed by atoms with van der Waals surface area (Å²) in [5.41, 5.74) is 1.88. The van der Waals surface area contributed by atoms with Crippen LogP contribution in [0.15, 0.2) is 63.9 Å². The first kappa shape index (κ1) is 23.3. The summed E-state index contributed by atoms with van der Waals surface area (Å²) in [6.07, 6.45) is 1.40. The molecule has 0 bridgehead atoms.